The van der Waals surface area contributed by atoms with Crippen molar-refractivity contribution in [2.24, 2.45) is 11.7 Å². The average Bonchev–Trinajstić information content (AvgIpc) is 2.68. The summed E-state index contributed by atoms with van der Waals surface area (Å²) < 4.78 is 5.81. The van der Waals surface area contributed by atoms with Gasteiger partial charge in [-0.2, -0.15) is 0 Å². The predicted molar refractivity (Wildman–Crippen MR) is 104 cm³/mol. The molecule has 26 heavy (non-hydrogen) atoms. The molecular formula is C21H29N3O2. The second-order valence-electron chi connectivity index (χ2n) is 7.03. The number of nitrogens with one attached hydrogen (secondary N) is 1. The van der Waals surface area contributed by atoms with E-state index in [1.165, 1.54) is 11.1 Å². The monoisotopic (exact) mass is 355 g/mol. The molecule has 1 fully saturated rings. The Morgan fingerprint density at radius 1 is 1.15 bits per heavy atom. The van der Waals surface area contributed by atoms with E-state index in [0.717, 1.165) is 50.3 Å². The van der Waals surface area contributed by atoms with E-state index in [1.807, 2.05) is 24.3 Å². The second-order valence-corrected chi connectivity index (χ2v) is 7.03. The van der Waals surface area contributed by atoms with E-state index in [4.69, 9.17) is 10.5 Å². The molecular weight excluding hydrogens is 326 g/mol. The van der Waals surface area contributed by atoms with Crippen LogP contribution in [0.5, 0.6) is 0 Å². The zero-order valence-electron chi connectivity index (χ0n) is 15.2. The first-order chi connectivity index (χ1) is 12.8. The van der Waals surface area contributed by atoms with Crippen molar-refractivity contribution < 1.29 is 9.84 Å². The number of hydrogen-bond acceptors (Lipinski definition) is 5. The Bertz CT molecular complexity index is 678. The fraction of sp³-hybridized carbons (Fsp3) is 0.476. The lowest BCUT2D eigenvalue weighted by Crippen LogP contribution is -2.35. The molecule has 1 saturated heterocycles. The van der Waals surface area contributed by atoms with Crippen molar-refractivity contribution in [2.45, 2.75) is 38.3 Å². The van der Waals surface area contributed by atoms with Crippen LogP contribution in [0, 0.1) is 5.92 Å². The molecule has 1 aromatic carbocycles. The molecule has 0 aliphatic carbocycles. The Hall–Kier alpha value is -1.95. The third-order valence-electron chi connectivity index (χ3n) is 5.00. The van der Waals surface area contributed by atoms with Gasteiger partial charge >= 0.3 is 0 Å². The molecule has 2 aromatic rings. The molecule has 1 aliphatic heterocycles. The van der Waals surface area contributed by atoms with Gasteiger partial charge in [-0.3, -0.25) is 0 Å². The van der Waals surface area contributed by atoms with Crippen LogP contribution in [0.4, 0.5) is 5.82 Å². The SMILES string of the molecule is NCCc1cc(CCC2COCC(Nc3ccccn3)C2)ccc1CO. The Morgan fingerprint density at radius 2 is 2.08 bits per heavy atom. The molecule has 2 heterocycles. The lowest BCUT2D eigenvalue weighted by Gasteiger charge is -2.30. The minimum absolute atomic E-state index is 0.0763. The van der Waals surface area contributed by atoms with E-state index in [1.54, 1.807) is 6.20 Å². The van der Waals surface area contributed by atoms with Gasteiger partial charge in [0.05, 0.1) is 19.3 Å². The highest BCUT2D eigenvalue weighted by Crippen LogP contribution is 2.23. The van der Waals surface area contributed by atoms with Crippen LogP contribution in [0.3, 0.4) is 0 Å². The second kappa shape index (κ2) is 9.67. The molecule has 4 N–H and O–H groups in total. The number of benzene rings is 1. The largest absolute Gasteiger partial charge is 0.392 e. The van der Waals surface area contributed by atoms with Crippen LogP contribution in [0.2, 0.25) is 0 Å². The van der Waals surface area contributed by atoms with Crippen LogP contribution in [0.1, 0.15) is 29.5 Å². The summed E-state index contributed by atoms with van der Waals surface area (Å²) in [5, 5.41) is 12.9. The Kier molecular flexibility index (Phi) is 7.00. The van der Waals surface area contributed by atoms with Gasteiger partial charge in [0.2, 0.25) is 0 Å². The van der Waals surface area contributed by atoms with E-state index in [2.05, 4.69) is 22.4 Å². The van der Waals surface area contributed by atoms with Crippen LogP contribution in [0.25, 0.3) is 0 Å². The number of pyridine rings is 1. The molecule has 1 aromatic heterocycles. The number of nitrogens with two attached hydrogens (primary N) is 1. The number of ether oxygens (including phenoxy) is 1. The topological polar surface area (TPSA) is 80.4 Å². The molecule has 0 amide bonds. The van der Waals surface area contributed by atoms with Crippen LogP contribution >= 0.6 is 0 Å². The van der Waals surface area contributed by atoms with E-state index in [-0.39, 0.29) is 6.61 Å². The number of aliphatic hydroxyl groups excluding tert-OH is 1. The predicted octanol–water partition coefficient (Wildman–Crippen LogP) is 2.52. The molecule has 5 nitrogen and oxygen atoms in total. The zero-order valence-corrected chi connectivity index (χ0v) is 15.2. The van der Waals surface area contributed by atoms with Gasteiger partial charge in [-0.1, -0.05) is 24.3 Å². The van der Waals surface area contributed by atoms with Crippen LogP contribution in [0.15, 0.2) is 42.6 Å². The number of rotatable bonds is 8. The van der Waals surface area contributed by atoms with E-state index >= 15 is 0 Å². The normalized spacial score (nSPS) is 20.1. The first-order valence-electron chi connectivity index (χ1n) is 9.45. The number of anilines is 1. The lowest BCUT2D eigenvalue weighted by molar-refractivity contribution is 0.0432. The van der Waals surface area contributed by atoms with Crippen LogP contribution in [-0.4, -0.2) is 35.9 Å². The minimum Gasteiger partial charge on any atom is -0.392 e. The number of hydrogen-bond donors (Lipinski definition) is 3. The first-order valence-corrected chi connectivity index (χ1v) is 9.45. The van der Waals surface area contributed by atoms with Crippen molar-refractivity contribution in [3.05, 3.63) is 59.3 Å². The molecule has 5 heteroatoms. The van der Waals surface area contributed by atoms with Crippen molar-refractivity contribution in [3.8, 4) is 0 Å². The number of aromatic nitrogens is 1. The van der Waals surface area contributed by atoms with E-state index in [0.29, 0.717) is 18.5 Å². The number of nitrogens with zero attached hydrogens (tertiary/aromatic N) is 1. The summed E-state index contributed by atoms with van der Waals surface area (Å²) in [5.41, 5.74) is 9.16. The maximum atomic E-state index is 9.45. The molecule has 0 spiro atoms. The number of aliphatic hydroxyl groups is 1. The lowest BCUT2D eigenvalue weighted by atomic mass is 9.91. The summed E-state index contributed by atoms with van der Waals surface area (Å²) in [7, 11) is 0. The van der Waals surface area contributed by atoms with Crippen molar-refractivity contribution in [2.75, 3.05) is 25.1 Å². The molecule has 0 saturated carbocycles. The van der Waals surface area contributed by atoms with E-state index in [9.17, 15) is 5.11 Å². The fourth-order valence-corrected chi connectivity index (χ4v) is 3.62. The quantitative estimate of drug-likeness (QED) is 0.678. The summed E-state index contributed by atoms with van der Waals surface area (Å²) in [6, 6.07) is 12.6. The highest BCUT2D eigenvalue weighted by atomic mass is 16.5. The number of aryl methyl sites for hydroxylation is 1. The maximum Gasteiger partial charge on any atom is 0.126 e. The standard InChI is InChI=1S/C21H29N3O2/c22-9-8-18-11-16(6-7-19(18)13-25)4-5-17-12-20(15-26-14-17)24-21-3-1-2-10-23-21/h1-3,6-7,10-11,17,20,25H,4-5,8-9,12-15,22H2,(H,23,24). The van der Waals surface area contributed by atoms with Gasteiger partial charge in [0.1, 0.15) is 5.82 Å². The van der Waals surface area contributed by atoms with E-state index < -0.39 is 0 Å². The van der Waals surface area contributed by atoms with Gasteiger partial charge in [-0.25, -0.2) is 4.98 Å². The highest BCUT2D eigenvalue weighted by molar-refractivity contribution is 5.35. The fourth-order valence-electron chi connectivity index (χ4n) is 3.62. The summed E-state index contributed by atoms with van der Waals surface area (Å²) in [5.74, 6) is 1.45. The summed E-state index contributed by atoms with van der Waals surface area (Å²) in [4.78, 5) is 4.34. The van der Waals surface area contributed by atoms with Crippen molar-refractivity contribution in [1.82, 2.24) is 4.98 Å². The summed E-state index contributed by atoms with van der Waals surface area (Å²) >= 11 is 0. The third-order valence-corrected chi connectivity index (χ3v) is 5.00. The Labute approximate surface area is 155 Å². The Balaban J connectivity index is 1.53. The average molecular weight is 355 g/mol. The summed E-state index contributed by atoms with van der Waals surface area (Å²) in [6.45, 7) is 2.24. The molecule has 2 atom stereocenters. The first kappa shape index (κ1) is 18.8. The third kappa shape index (κ3) is 5.27. The molecule has 1 aliphatic rings. The van der Waals surface area contributed by atoms with Crippen LogP contribution in [-0.2, 0) is 24.2 Å². The van der Waals surface area contributed by atoms with Gasteiger partial charge in [-0.15, -0.1) is 0 Å². The smallest absolute Gasteiger partial charge is 0.126 e. The minimum atomic E-state index is 0.0763. The molecule has 2 unspecified atom stereocenters. The highest BCUT2D eigenvalue weighted by Gasteiger charge is 2.22. The van der Waals surface area contributed by atoms with Gasteiger partial charge in [0.25, 0.3) is 0 Å². The van der Waals surface area contributed by atoms with Gasteiger partial charge in [0, 0.05) is 12.8 Å². The van der Waals surface area contributed by atoms with Crippen LogP contribution < -0.4 is 11.1 Å². The van der Waals surface area contributed by atoms with Gasteiger partial charge in [-0.05, 0) is 67.0 Å². The molecule has 3 rings (SSSR count). The Morgan fingerprint density at radius 3 is 2.85 bits per heavy atom. The van der Waals surface area contributed by atoms with Gasteiger partial charge in [0.15, 0.2) is 0 Å². The molecule has 140 valence electrons. The zero-order chi connectivity index (χ0) is 18.2. The summed E-state index contributed by atoms with van der Waals surface area (Å²) in [6.07, 6.45) is 5.83. The molecule has 0 radical (unpaired) electrons. The van der Waals surface area contributed by atoms with Gasteiger partial charge < -0.3 is 20.9 Å². The molecule has 0 bridgehead atoms. The van der Waals surface area contributed by atoms with Crippen molar-refractivity contribution in [3.63, 3.8) is 0 Å². The van der Waals surface area contributed by atoms with Crippen molar-refractivity contribution in [1.29, 1.82) is 0 Å². The van der Waals surface area contributed by atoms with Crippen molar-refractivity contribution >= 4 is 5.82 Å². The maximum absolute atomic E-state index is 9.45.